The topological polar surface area (TPSA) is 25.8 Å². The van der Waals surface area contributed by atoms with Crippen LogP contribution in [0.4, 0.5) is 0 Å². The minimum atomic E-state index is 0. The molecule has 2 bridgehead atoms. The van der Waals surface area contributed by atoms with Gasteiger partial charge < -0.3 is 9.97 Å². The van der Waals surface area contributed by atoms with Crippen molar-refractivity contribution in [3.63, 3.8) is 0 Å². The van der Waals surface area contributed by atoms with Gasteiger partial charge >= 0.3 is 0 Å². The molecule has 0 spiro atoms. The summed E-state index contributed by atoms with van der Waals surface area (Å²) < 4.78 is 0. The summed E-state index contributed by atoms with van der Waals surface area (Å²) in [5, 5.41) is 0. The normalized spacial score (nSPS) is 18.2. The first-order valence-corrected chi connectivity index (χ1v) is 10.7. The first-order chi connectivity index (χ1) is 14.9. The number of benzene rings is 2. The molecule has 2 aromatic carbocycles. The summed E-state index contributed by atoms with van der Waals surface area (Å²) >= 11 is 0. The van der Waals surface area contributed by atoms with E-state index in [-0.39, 0.29) is 20.1 Å². The van der Waals surface area contributed by atoms with Crippen LogP contribution in [0.1, 0.15) is 48.6 Å². The number of fused-ring (bicyclic) bond motifs is 2. The van der Waals surface area contributed by atoms with Crippen LogP contribution < -0.4 is 0 Å². The van der Waals surface area contributed by atoms with Gasteiger partial charge in [0.1, 0.15) is 0 Å². The molecular weight excluding hydrogens is 557 g/mol. The van der Waals surface area contributed by atoms with Crippen molar-refractivity contribution in [3.05, 3.63) is 108 Å². The molecule has 0 atom stereocenters. The monoisotopic (exact) mass is 581 g/mol. The molecule has 2 aromatic heterocycles. The smallest absolute Gasteiger partial charge is 0.0160 e. The van der Waals surface area contributed by atoms with Crippen molar-refractivity contribution in [1.29, 1.82) is 0 Å². The van der Waals surface area contributed by atoms with Gasteiger partial charge in [-0.2, -0.15) is 0 Å². The van der Waals surface area contributed by atoms with Crippen LogP contribution in [0.2, 0.25) is 0 Å². The molecule has 2 heterocycles. The third-order valence-electron chi connectivity index (χ3n) is 6.21. The summed E-state index contributed by atoms with van der Waals surface area (Å²) in [7, 11) is 0. The van der Waals surface area contributed by atoms with Gasteiger partial charge in [0, 0.05) is 32.5 Å². The van der Waals surface area contributed by atoms with E-state index in [1.54, 1.807) is 17.3 Å². The molecule has 157 valence electrons. The molecule has 0 amide bonds. The van der Waals surface area contributed by atoms with Crippen molar-refractivity contribution in [2.75, 3.05) is 0 Å². The van der Waals surface area contributed by atoms with Crippen LogP contribution in [-0.4, -0.2) is 9.97 Å². The van der Waals surface area contributed by atoms with Crippen LogP contribution >= 0.6 is 0 Å². The molecule has 0 aliphatic heterocycles. The zero-order valence-corrected chi connectivity index (χ0v) is 19.7. The Hall–Kier alpha value is -2.61. The maximum absolute atomic E-state index is 4.43. The number of aromatic nitrogens is 2. The van der Waals surface area contributed by atoms with Gasteiger partial charge in [0.25, 0.3) is 0 Å². The fourth-order valence-corrected chi connectivity index (χ4v) is 4.69. The Kier molecular flexibility index (Phi) is 7.06. The number of nitrogens with zero attached hydrogens (tertiary/aromatic N) is 2. The predicted octanol–water partition coefficient (Wildman–Crippen LogP) is 6.85. The zero-order chi connectivity index (χ0) is 20.2. The van der Waals surface area contributed by atoms with E-state index < -0.39 is 0 Å². The first kappa shape index (κ1) is 21.6. The second-order valence-electron chi connectivity index (χ2n) is 8.01. The minimum absolute atomic E-state index is 0. The first-order valence-electron chi connectivity index (χ1n) is 10.7. The number of hydrogen-bond acceptors (Lipinski definition) is 2. The van der Waals surface area contributed by atoms with E-state index in [2.05, 4.69) is 40.3 Å². The molecule has 31 heavy (non-hydrogen) atoms. The average molecular weight is 581 g/mol. The van der Waals surface area contributed by atoms with Crippen LogP contribution in [-0.2, 0) is 20.1 Å². The van der Waals surface area contributed by atoms with Gasteiger partial charge in [0.2, 0.25) is 0 Å². The summed E-state index contributed by atoms with van der Waals surface area (Å²) in [5.41, 5.74) is 7.36. The number of hydrogen-bond donors (Lipinski definition) is 0. The molecule has 0 unspecified atom stereocenters. The summed E-state index contributed by atoms with van der Waals surface area (Å²) in [6.07, 6.45) is 9.17. The van der Waals surface area contributed by atoms with Gasteiger partial charge in [-0.1, -0.05) is 43.0 Å². The van der Waals surface area contributed by atoms with Crippen molar-refractivity contribution < 1.29 is 20.1 Å². The van der Waals surface area contributed by atoms with Gasteiger partial charge in [-0.15, -0.1) is 70.8 Å². The molecule has 3 aliphatic carbocycles. The van der Waals surface area contributed by atoms with Crippen LogP contribution in [0.5, 0.6) is 0 Å². The third kappa shape index (κ3) is 4.84. The molecule has 2 nitrogen and oxygen atoms in total. The Morgan fingerprint density at radius 1 is 0.645 bits per heavy atom. The Morgan fingerprint density at radius 3 is 1.84 bits per heavy atom. The summed E-state index contributed by atoms with van der Waals surface area (Å²) in [6.45, 7) is 0. The Balaban J connectivity index is 0.000000156. The molecule has 3 heteroatoms. The van der Waals surface area contributed by atoms with Crippen LogP contribution in [0.3, 0.4) is 0 Å². The maximum Gasteiger partial charge on any atom is 0.0160 e. The fraction of sp³-hybridized carbons (Fsp3) is 0.214. The maximum atomic E-state index is 4.43. The van der Waals surface area contributed by atoms with Crippen LogP contribution in [0, 0.1) is 12.1 Å². The third-order valence-corrected chi connectivity index (χ3v) is 6.21. The fourth-order valence-electron chi connectivity index (χ4n) is 4.69. The molecule has 7 rings (SSSR count). The van der Waals surface area contributed by atoms with Crippen molar-refractivity contribution in [3.8, 4) is 22.5 Å². The largest absolute Gasteiger partial charge is 0.305 e. The Labute approximate surface area is 198 Å². The van der Waals surface area contributed by atoms with Gasteiger partial charge in [0.05, 0.1) is 0 Å². The zero-order valence-electron chi connectivity index (χ0n) is 17.3. The van der Waals surface area contributed by atoms with Gasteiger partial charge in [-0.05, 0) is 42.3 Å². The standard InChI is InChI=1S/C17H16N.C11H8N.Ir/c1-2-10-18-17(3-1)14-8-9-15-12-4-6-13(7-5-12)16(15)11-14;1-2-6-10(7-3-1)11-8-4-5-9-12-11;/h1-3,9-13H,4-7H2;1-6,8-9H;/q2*-1;. The average Bonchev–Trinajstić information content (AvgIpc) is 2.87. The molecule has 1 saturated carbocycles. The van der Waals surface area contributed by atoms with Gasteiger partial charge in [-0.3, -0.25) is 0 Å². The summed E-state index contributed by atoms with van der Waals surface area (Å²) in [6, 6.07) is 30.9. The molecule has 3 aliphatic rings. The quantitative estimate of drug-likeness (QED) is 0.243. The second kappa shape index (κ2) is 10.1. The van der Waals surface area contributed by atoms with Gasteiger partial charge in [-0.25, -0.2) is 0 Å². The Morgan fingerprint density at radius 2 is 1.26 bits per heavy atom. The Bertz CT molecular complexity index is 1050. The van der Waals surface area contributed by atoms with Crippen LogP contribution in [0.25, 0.3) is 22.5 Å². The van der Waals surface area contributed by atoms with E-state index in [0.717, 1.165) is 34.4 Å². The molecule has 4 aromatic rings. The SMILES string of the molecule is [Ir].[c-]1cc2c(cc1-c1ccccn1)C1CCC2CC1.[c-]1ccccc1-c1ccccn1. The molecule has 0 N–H and O–H groups in total. The van der Waals surface area contributed by atoms with Crippen molar-refractivity contribution in [2.24, 2.45) is 0 Å². The summed E-state index contributed by atoms with van der Waals surface area (Å²) in [4.78, 5) is 8.65. The van der Waals surface area contributed by atoms with Crippen molar-refractivity contribution >= 4 is 0 Å². The molecular formula is C28H24IrN2-2. The molecule has 1 radical (unpaired) electrons. The molecule has 0 saturated heterocycles. The minimum Gasteiger partial charge on any atom is -0.305 e. The number of pyridine rings is 2. The molecule has 1 fully saturated rings. The van der Waals surface area contributed by atoms with E-state index in [1.165, 1.54) is 25.7 Å². The van der Waals surface area contributed by atoms with Crippen molar-refractivity contribution in [2.45, 2.75) is 37.5 Å². The van der Waals surface area contributed by atoms with Crippen molar-refractivity contribution in [1.82, 2.24) is 9.97 Å². The van der Waals surface area contributed by atoms with E-state index in [4.69, 9.17) is 0 Å². The van der Waals surface area contributed by atoms with Gasteiger partial charge in [0.15, 0.2) is 0 Å². The van der Waals surface area contributed by atoms with Crippen LogP contribution in [0.15, 0.2) is 85.2 Å². The second-order valence-corrected chi connectivity index (χ2v) is 8.01. The predicted molar refractivity (Wildman–Crippen MR) is 121 cm³/mol. The van der Waals surface area contributed by atoms with E-state index in [0.29, 0.717) is 0 Å². The van der Waals surface area contributed by atoms with E-state index in [9.17, 15) is 0 Å². The van der Waals surface area contributed by atoms with E-state index in [1.807, 2.05) is 60.8 Å². The number of rotatable bonds is 2. The van der Waals surface area contributed by atoms with E-state index >= 15 is 0 Å². The summed E-state index contributed by atoms with van der Waals surface area (Å²) in [5.74, 6) is 1.60.